The second kappa shape index (κ2) is 6.96. The summed E-state index contributed by atoms with van der Waals surface area (Å²) in [4.78, 5) is 0. The first-order chi connectivity index (χ1) is 9.76. The molecule has 106 valence electrons. The minimum Gasteiger partial charge on any atom is -0.497 e. The van der Waals surface area contributed by atoms with E-state index in [9.17, 15) is 0 Å². The van der Waals surface area contributed by atoms with Gasteiger partial charge >= 0.3 is 0 Å². The highest BCUT2D eigenvalue weighted by molar-refractivity contribution is 5.33. The van der Waals surface area contributed by atoms with Crippen molar-refractivity contribution in [3.05, 3.63) is 59.7 Å². The number of hydrogen-bond acceptors (Lipinski definition) is 3. The molecule has 0 bridgehead atoms. The van der Waals surface area contributed by atoms with E-state index < -0.39 is 0 Å². The summed E-state index contributed by atoms with van der Waals surface area (Å²) in [6, 6.07) is 16.6. The lowest BCUT2D eigenvalue weighted by Crippen LogP contribution is -2.18. The van der Waals surface area contributed by atoms with Crippen LogP contribution in [0.3, 0.4) is 0 Å². The van der Waals surface area contributed by atoms with Gasteiger partial charge in [-0.05, 0) is 48.9 Å². The van der Waals surface area contributed by atoms with Crippen LogP contribution < -0.4 is 14.8 Å². The van der Waals surface area contributed by atoms with Crippen LogP contribution in [0.4, 0.5) is 0 Å². The fraction of sp³-hybridized carbons (Fsp3) is 0.294. The van der Waals surface area contributed by atoms with Crippen LogP contribution in [-0.4, -0.2) is 21.3 Å². The van der Waals surface area contributed by atoms with Crippen molar-refractivity contribution in [3.8, 4) is 11.5 Å². The molecule has 0 saturated heterocycles. The van der Waals surface area contributed by atoms with E-state index in [0.717, 1.165) is 17.9 Å². The molecule has 0 saturated carbocycles. The first-order valence-corrected chi connectivity index (χ1v) is 6.71. The van der Waals surface area contributed by atoms with E-state index in [-0.39, 0.29) is 6.04 Å². The summed E-state index contributed by atoms with van der Waals surface area (Å²) in [5.74, 6) is 1.78. The van der Waals surface area contributed by atoms with E-state index >= 15 is 0 Å². The first kappa shape index (κ1) is 14.4. The van der Waals surface area contributed by atoms with E-state index in [1.165, 1.54) is 11.1 Å². The van der Waals surface area contributed by atoms with Crippen molar-refractivity contribution in [2.45, 2.75) is 12.5 Å². The average Bonchev–Trinajstić information content (AvgIpc) is 2.53. The van der Waals surface area contributed by atoms with Gasteiger partial charge in [0.25, 0.3) is 0 Å². The lowest BCUT2D eigenvalue weighted by molar-refractivity contribution is 0.413. The van der Waals surface area contributed by atoms with Crippen molar-refractivity contribution in [2.75, 3.05) is 21.3 Å². The maximum absolute atomic E-state index is 5.27. The molecule has 2 aromatic carbocycles. The van der Waals surface area contributed by atoms with Gasteiger partial charge in [0.1, 0.15) is 11.5 Å². The number of ether oxygens (including phenoxy) is 2. The monoisotopic (exact) mass is 271 g/mol. The zero-order valence-corrected chi connectivity index (χ0v) is 12.2. The third kappa shape index (κ3) is 3.52. The van der Waals surface area contributed by atoms with E-state index in [1.54, 1.807) is 14.2 Å². The van der Waals surface area contributed by atoms with E-state index in [4.69, 9.17) is 9.47 Å². The van der Waals surface area contributed by atoms with Crippen molar-refractivity contribution in [3.63, 3.8) is 0 Å². The van der Waals surface area contributed by atoms with Crippen molar-refractivity contribution in [1.29, 1.82) is 0 Å². The predicted molar refractivity (Wildman–Crippen MR) is 81.5 cm³/mol. The Morgan fingerprint density at radius 2 is 1.65 bits per heavy atom. The molecule has 0 amide bonds. The van der Waals surface area contributed by atoms with Crippen LogP contribution in [0, 0.1) is 0 Å². The molecule has 0 spiro atoms. The van der Waals surface area contributed by atoms with Crippen molar-refractivity contribution in [1.82, 2.24) is 5.32 Å². The van der Waals surface area contributed by atoms with Gasteiger partial charge in [0.2, 0.25) is 0 Å². The second-order valence-electron chi connectivity index (χ2n) is 4.67. The molecule has 0 fully saturated rings. The highest BCUT2D eigenvalue weighted by atomic mass is 16.5. The topological polar surface area (TPSA) is 30.5 Å². The third-order valence-electron chi connectivity index (χ3n) is 3.44. The Hall–Kier alpha value is -2.00. The SMILES string of the molecule is CNC(Cc1cccc(OC)c1)c1ccc(OC)cc1. The average molecular weight is 271 g/mol. The standard InChI is InChI=1S/C17H21NO2/c1-18-17(14-7-9-15(19-2)10-8-14)12-13-5-4-6-16(11-13)20-3/h4-11,17-18H,12H2,1-3H3. The van der Waals surface area contributed by atoms with Crippen LogP contribution in [0.5, 0.6) is 11.5 Å². The number of methoxy groups -OCH3 is 2. The number of hydrogen-bond donors (Lipinski definition) is 1. The molecule has 0 aromatic heterocycles. The fourth-order valence-corrected chi connectivity index (χ4v) is 2.26. The highest BCUT2D eigenvalue weighted by Crippen LogP contribution is 2.22. The van der Waals surface area contributed by atoms with Crippen LogP contribution in [0.1, 0.15) is 17.2 Å². The summed E-state index contributed by atoms with van der Waals surface area (Å²) in [6.07, 6.45) is 0.917. The van der Waals surface area contributed by atoms with Crippen LogP contribution in [0.25, 0.3) is 0 Å². The summed E-state index contributed by atoms with van der Waals surface area (Å²) in [7, 11) is 5.36. The summed E-state index contributed by atoms with van der Waals surface area (Å²) in [5, 5.41) is 3.36. The van der Waals surface area contributed by atoms with E-state index in [0.29, 0.717) is 0 Å². The van der Waals surface area contributed by atoms with Crippen molar-refractivity contribution < 1.29 is 9.47 Å². The molecular weight excluding hydrogens is 250 g/mol. The fourth-order valence-electron chi connectivity index (χ4n) is 2.26. The Labute approximate surface area is 120 Å². The molecule has 2 rings (SSSR count). The number of benzene rings is 2. The van der Waals surface area contributed by atoms with Crippen LogP contribution >= 0.6 is 0 Å². The summed E-state index contributed by atoms with van der Waals surface area (Å²) in [5.41, 5.74) is 2.50. The van der Waals surface area contributed by atoms with Gasteiger partial charge in [-0.2, -0.15) is 0 Å². The van der Waals surface area contributed by atoms with Crippen LogP contribution in [0.2, 0.25) is 0 Å². The Balaban J connectivity index is 2.14. The van der Waals surface area contributed by atoms with E-state index in [2.05, 4.69) is 29.6 Å². The Morgan fingerprint density at radius 1 is 0.950 bits per heavy atom. The molecule has 0 aliphatic rings. The molecule has 2 aromatic rings. The zero-order valence-electron chi connectivity index (χ0n) is 12.2. The quantitative estimate of drug-likeness (QED) is 0.875. The van der Waals surface area contributed by atoms with Gasteiger partial charge in [-0.25, -0.2) is 0 Å². The highest BCUT2D eigenvalue weighted by Gasteiger charge is 2.10. The molecule has 0 aliphatic carbocycles. The number of likely N-dealkylation sites (N-methyl/N-ethyl adjacent to an activating group) is 1. The number of rotatable bonds is 6. The molecule has 1 N–H and O–H groups in total. The first-order valence-electron chi connectivity index (χ1n) is 6.71. The largest absolute Gasteiger partial charge is 0.497 e. The van der Waals surface area contributed by atoms with Gasteiger partial charge in [-0.15, -0.1) is 0 Å². The molecule has 0 aliphatic heterocycles. The molecule has 0 radical (unpaired) electrons. The van der Waals surface area contributed by atoms with Gasteiger partial charge < -0.3 is 14.8 Å². The Kier molecular flexibility index (Phi) is 5.02. The Bertz CT molecular complexity index is 537. The lowest BCUT2D eigenvalue weighted by atomic mass is 9.99. The van der Waals surface area contributed by atoms with Crippen molar-refractivity contribution in [2.24, 2.45) is 0 Å². The molecule has 20 heavy (non-hydrogen) atoms. The van der Waals surface area contributed by atoms with Gasteiger partial charge in [0.05, 0.1) is 14.2 Å². The summed E-state index contributed by atoms with van der Waals surface area (Å²) < 4.78 is 10.5. The van der Waals surface area contributed by atoms with Gasteiger partial charge in [0, 0.05) is 6.04 Å². The maximum atomic E-state index is 5.27. The molecule has 1 atom stereocenters. The molecule has 3 nitrogen and oxygen atoms in total. The lowest BCUT2D eigenvalue weighted by Gasteiger charge is -2.17. The normalized spacial score (nSPS) is 11.9. The van der Waals surface area contributed by atoms with Gasteiger partial charge in [0.15, 0.2) is 0 Å². The molecule has 1 unspecified atom stereocenters. The van der Waals surface area contributed by atoms with Crippen LogP contribution in [-0.2, 0) is 6.42 Å². The zero-order chi connectivity index (χ0) is 14.4. The predicted octanol–water partition coefficient (Wildman–Crippen LogP) is 3.21. The molecular formula is C17H21NO2. The Morgan fingerprint density at radius 3 is 2.25 bits per heavy atom. The van der Waals surface area contributed by atoms with Gasteiger partial charge in [-0.3, -0.25) is 0 Å². The summed E-state index contributed by atoms with van der Waals surface area (Å²) >= 11 is 0. The van der Waals surface area contributed by atoms with E-state index in [1.807, 2.05) is 31.3 Å². The van der Waals surface area contributed by atoms with Gasteiger partial charge in [-0.1, -0.05) is 24.3 Å². The van der Waals surface area contributed by atoms with Crippen LogP contribution in [0.15, 0.2) is 48.5 Å². The number of nitrogens with one attached hydrogen (secondary N) is 1. The third-order valence-corrected chi connectivity index (χ3v) is 3.44. The summed E-state index contributed by atoms with van der Waals surface area (Å²) in [6.45, 7) is 0. The minimum atomic E-state index is 0.271. The second-order valence-corrected chi connectivity index (χ2v) is 4.67. The van der Waals surface area contributed by atoms with Crippen molar-refractivity contribution >= 4 is 0 Å². The maximum Gasteiger partial charge on any atom is 0.119 e. The smallest absolute Gasteiger partial charge is 0.119 e. The minimum absolute atomic E-state index is 0.271. The molecule has 0 heterocycles. The molecule has 3 heteroatoms.